The SMILES string of the molecule is C#CC(=O)N1Cc2cnn(Cc3cc(OC)c4c(NSc5ccccc5OCCC(=O)N5CCNCC5)noc4c3)c2C1. The molecule has 222 valence electrons. The highest BCUT2D eigenvalue weighted by atomic mass is 32.2. The number of amides is 2. The van der Waals surface area contributed by atoms with Gasteiger partial charge in [-0.05, 0) is 47.7 Å². The normalized spacial score (nSPS) is 14.4. The number of fused-ring (bicyclic) bond motifs is 2. The predicted octanol–water partition coefficient (Wildman–Crippen LogP) is 2.88. The van der Waals surface area contributed by atoms with Crippen molar-refractivity contribution in [3.63, 3.8) is 0 Å². The van der Waals surface area contributed by atoms with Crippen molar-refractivity contribution in [2.75, 3.05) is 44.6 Å². The van der Waals surface area contributed by atoms with Crippen LogP contribution in [0.4, 0.5) is 5.82 Å². The van der Waals surface area contributed by atoms with Crippen LogP contribution in [-0.2, 0) is 29.2 Å². The quantitative estimate of drug-likeness (QED) is 0.207. The van der Waals surface area contributed by atoms with E-state index < -0.39 is 0 Å². The van der Waals surface area contributed by atoms with E-state index in [1.807, 2.05) is 46.0 Å². The first-order valence-electron chi connectivity index (χ1n) is 13.9. The number of methoxy groups -OCH3 is 1. The smallest absolute Gasteiger partial charge is 0.298 e. The zero-order chi connectivity index (χ0) is 29.8. The fourth-order valence-corrected chi connectivity index (χ4v) is 5.96. The van der Waals surface area contributed by atoms with Gasteiger partial charge in [0.1, 0.15) is 16.9 Å². The minimum Gasteiger partial charge on any atom is -0.496 e. The Balaban J connectivity index is 1.12. The van der Waals surface area contributed by atoms with E-state index in [1.54, 1.807) is 18.2 Å². The number of anilines is 1. The molecule has 2 aliphatic rings. The van der Waals surface area contributed by atoms with Crippen molar-refractivity contribution >= 4 is 40.5 Å². The summed E-state index contributed by atoms with van der Waals surface area (Å²) in [7, 11) is 1.60. The molecule has 0 saturated carbocycles. The van der Waals surface area contributed by atoms with Crippen LogP contribution in [0.1, 0.15) is 23.2 Å². The molecule has 1 saturated heterocycles. The molecular weight excluding hydrogens is 570 g/mol. The van der Waals surface area contributed by atoms with E-state index in [-0.39, 0.29) is 11.8 Å². The Hall–Kier alpha value is -4.67. The van der Waals surface area contributed by atoms with Crippen molar-refractivity contribution in [1.29, 1.82) is 0 Å². The third kappa shape index (κ3) is 6.11. The average molecular weight is 602 g/mol. The van der Waals surface area contributed by atoms with Gasteiger partial charge in [0.15, 0.2) is 11.4 Å². The standard InChI is InChI=1S/C30H31N7O5S/c1-3-27(38)36-18-21-16-32-37(22(21)19-36)17-20-14-24(40-2)29-25(15-20)42-33-30(29)34-43-26-7-5-4-6-23(26)41-13-8-28(39)35-11-9-31-10-12-35/h1,4-7,14-16,31H,8-13,17-19H2,2H3,(H,33,34). The molecule has 0 unspecified atom stereocenters. The summed E-state index contributed by atoms with van der Waals surface area (Å²) in [6.07, 6.45) is 7.39. The number of terminal acetylenes is 1. The van der Waals surface area contributed by atoms with Crippen LogP contribution in [0, 0.1) is 12.3 Å². The van der Waals surface area contributed by atoms with Crippen molar-refractivity contribution in [1.82, 2.24) is 30.1 Å². The number of para-hydroxylation sites is 1. The molecule has 2 aromatic heterocycles. The highest BCUT2D eigenvalue weighted by Crippen LogP contribution is 2.37. The first-order chi connectivity index (χ1) is 21.0. The second-order valence-electron chi connectivity index (χ2n) is 10.2. The molecule has 2 aliphatic heterocycles. The second-order valence-corrected chi connectivity index (χ2v) is 11.0. The van der Waals surface area contributed by atoms with Gasteiger partial charge in [0.25, 0.3) is 5.91 Å². The monoisotopic (exact) mass is 601 g/mol. The van der Waals surface area contributed by atoms with Gasteiger partial charge in [0, 0.05) is 31.7 Å². The van der Waals surface area contributed by atoms with Gasteiger partial charge < -0.3 is 33.8 Å². The number of carbonyl (C=O) groups excluding carboxylic acids is 2. The van der Waals surface area contributed by atoms with Crippen LogP contribution in [0.2, 0.25) is 0 Å². The Kier molecular flexibility index (Phi) is 8.39. The molecule has 4 aromatic rings. The number of ether oxygens (including phenoxy) is 2. The number of benzene rings is 2. The number of hydrogen-bond acceptors (Lipinski definition) is 10. The van der Waals surface area contributed by atoms with E-state index in [2.05, 4.69) is 26.2 Å². The van der Waals surface area contributed by atoms with Crippen molar-refractivity contribution in [2.45, 2.75) is 31.0 Å². The van der Waals surface area contributed by atoms with Crippen molar-refractivity contribution < 1.29 is 23.6 Å². The zero-order valence-electron chi connectivity index (χ0n) is 23.7. The number of carbonyl (C=O) groups is 2. The van der Waals surface area contributed by atoms with E-state index in [4.69, 9.17) is 20.4 Å². The Morgan fingerprint density at radius 2 is 2.00 bits per heavy atom. The molecule has 2 aromatic carbocycles. The minimum atomic E-state index is -0.333. The number of hydrogen-bond donors (Lipinski definition) is 2. The number of piperazine rings is 1. The van der Waals surface area contributed by atoms with E-state index in [0.29, 0.717) is 60.9 Å². The molecule has 6 rings (SSSR count). The third-order valence-electron chi connectivity index (χ3n) is 7.45. The van der Waals surface area contributed by atoms with Crippen LogP contribution < -0.4 is 19.5 Å². The number of aromatic nitrogens is 3. The molecule has 12 nitrogen and oxygen atoms in total. The minimum absolute atomic E-state index is 0.100. The van der Waals surface area contributed by atoms with Gasteiger partial charge in [0.2, 0.25) is 5.91 Å². The van der Waals surface area contributed by atoms with Gasteiger partial charge in [-0.3, -0.25) is 14.3 Å². The maximum atomic E-state index is 12.5. The zero-order valence-corrected chi connectivity index (χ0v) is 24.5. The Labute approximate surface area is 252 Å². The lowest BCUT2D eigenvalue weighted by atomic mass is 10.1. The summed E-state index contributed by atoms with van der Waals surface area (Å²) in [5.41, 5.74) is 3.39. The summed E-state index contributed by atoms with van der Waals surface area (Å²) in [6.45, 7) is 4.73. The molecule has 2 amide bonds. The largest absolute Gasteiger partial charge is 0.496 e. The van der Waals surface area contributed by atoms with Crippen LogP contribution in [0.3, 0.4) is 0 Å². The summed E-state index contributed by atoms with van der Waals surface area (Å²) in [5.74, 6) is 3.72. The maximum absolute atomic E-state index is 12.5. The van der Waals surface area contributed by atoms with Gasteiger partial charge in [-0.25, -0.2) is 0 Å². The summed E-state index contributed by atoms with van der Waals surface area (Å²) >= 11 is 1.33. The number of nitrogens with one attached hydrogen (secondary N) is 2. The van der Waals surface area contributed by atoms with Crippen LogP contribution in [0.25, 0.3) is 11.0 Å². The van der Waals surface area contributed by atoms with Gasteiger partial charge >= 0.3 is 0 Å². The van der Waals surface area contributed by atoms with Crippen molar-refractivity contribution in [2.24, 2.45) is 0 Å². The molecular formula is C30H31N7O5S. The maximum Gasteiger partial charge on any atom is 0.298 e. The van der Waals surface area contributed by atoms with Crippen LogP contribution >= 0.6 is 11.9 Å². The topological polar surface area (TPSA) is 127 Å². The van der Waals surface area contributed by atoms with Crippen LogP contribution in [0.15, 0.2) is 52.0 Å². The predicted molar refractivity (Wildman–Crippen MR) is 160 cm³/mol. The van der Waals surface area contributed by atoms with Crippen LogP contribution in [-0.4, -0.2) is 76.4 Å². The lowest BCUT2D eigenvalue weighted by Crippen LogP contribution is -2.46. The summed E-state index contributed by atoms with van der Waals surface area (Å²) < 4.78 is 22.5. The molecule has 4 heterocycles. The first kappa shape index (κ1) is 28.4. The highest BCUT2D eigenvalue weighted by molar-refractivity contribution is 8.00. The average Bonchev–Trinajstić information content (AvgIpc) is 3.76. The highest BCUT2D eigenvalue weighted by Gasteiger charge is 2.27. The number of rotatable bonds is 10. The Morgan fingerprint density at radius 3 is 2.81 bits per heavy atom. The molecule has 0 aliphatic carbocycles. The lowest BCUT2D eigenvalue weighted by Gasteiger charge is -2.27. The Bertz CT molecular complexity index is 1690. The molecule has 0 spiro atoms. The van der Waals surface area contributed by atoms with E-state index in [1.165, 1.54) is 11.9 Å². The fraction of sp³-hybridized carbons (Fsp3) is 0.333. The molecule has 2 N–H and O–H groups in total. The second kappa shape index (κ2) is 12.7. The van der Waals surface area contributed by atoms with E-state index in [9.17, 15) is 9.59 Å². The molecule has 43 heavy (non-hydrogen) atoms. The van der Waals surface area contributed by atoms with Crippen molar-refractivity contribution in [3.8, 4) is 23.8 Å². The lowest BCUT2D eigenvalue weighted by molar-refractivity contribution is -0.132. The Morgan fingerprint density at radius 1 is 1.16 bits per heavy atom. The molecule has 1 fully saturated rings. The van der Waals surface area contributed by atoms with Gasteiger partial charge in [0.05, 0.1) is 56.6 Å². The van der Waals surface area contributed by atoms with E-state index >= 15 is 0 Å². The molecule has 0 atom stereocenters. The van der Waals surface area contributed by atoms with Gasteiger partial charge in [-0.1, -0.05) is 17.3 Å². The number of nitrogens with zero attached hydrogens (tertiary/aromatic N) is 5. The fourth-order valence-electron chi connectivity index (χ4n) is 5.24. The van der Waals surface area contributed by atoms with E-state index in [0.717, 1.165) is 47.9 Å². The first-order valence-corrected chi connectivity index (χ1v) is 14.7. The van der Waals surface area contributed by atoms with Gasteiger partial charge in [-0.15, -0.1) is 6.42 Å². The third-order valence-corrected chi connectivity index (χ3v) is 8.30. The molecule has 0 radical (unpaired) electrons. The summed E-state index contributed by atoms with van der Waals surface area (Å²) in [4.78, 5) is 28.8. The molecule has 13 heteroatoms. The van der Waals surface area contributed by atoms with Crippen molar-refractivity contribution in [3.05, 3.63) is 59.4 Å². The summed E-state index contributed by atoms with van der Waals surface area (Å²) in [5, 5.41) is 12.7. The van der Waals surface area contributed by atoms with Crippen LogP contribution in [0.5, 0.6) is 11.5 Å². The summed E-state index contributed by atoms with van der Waals surface area (Å²) in [6, 6.07) is 11.5. The van der Waals surface area contributed by atoms with Gasteiger partial charge in [-0.2, -0.15) is 5.10 Å². The molecule has 0 bridgehead atoms.